The summed E-state index contributed by atoms with van der Waals surface area (Å²) in [6.07, 6.45) is 1.72. The molecule has 0 spiro atoms. The van der Waals surface area contributed by atoms with Gasteiger partial charge in [-0.25, -0.2) is 4.39 Å². The van der Waals surface area contributed by atoms with Crippen molar-refractivity contribution in [2.75, 3.05) is 6.61 Å². The van der Waals surface area contributed by atoms with Crippen LogP contribution in [0.15, 0.2) is 72.9 Å². The first kappa shape index (κ1) is 19.4. The second kappa shape index (κ2) is 9.50. The van der Waals surface area contributed by atoms with Crippen molar-refractivity contribution in [3.63, 3.8) is 0 Å². The third-order valence-corrected chi connectivity index (χ3v) is 4.01. The zero-order valence-electron chi connectivity index (χ0n) is 15.5. The third kappa shape index (κ3) is 5.81. The summed E-state index contributed by atoms with van der Waals surface area (Å²) in [6, 6.07) is 18.6. The van der Waals surface area contributed by atoms with Gasteiger partial charge in [-0.15, -0.1) is 0 Å². The number of aromatic nitrogens is 1. The molecule has 5 nitrogen and oxygen atoms in total. The number of amides is 1. The molecule has 1 N–H and O–H groups in total. The van der Waals surface area contributed by atoms with Gasteiger partial charge in [-0.05, 0) is 48.9 Å². The molecule has 0 aliphatic rings. The van der Waals surface area contributed by atoms with Crippen LogP contribution in [0.3, 0.4) is 0 Å². The second-order valence-electron chi connectivity index (χ2n) is 6.22. The molecule has 0 saturated carbocycles. The lowest BCUT2D eigenvalue weighted by Gasteiger charge is -2.16. The maximum Gasteiger partial charge on any atom is 0.258 e. The molecule has 144 valence electrons. The fourth-order valence-electron chi connectivity index (χ4n) is 2.59. The van der Waals surface area contributed by atoms with Gasteiger partial charge in [-0.2, -0.15) is 0 Å². The number of pyridine rings is 1. The van der Waals surface area contributed by atoms with Gasteiger partial charge in [-0.3, -0.25) is 9.78 Å². The number of nitrogens with zero attached hydrogens (tertiary/aromatic N) is 1. The van der Waals surface area contributed by atoms with Crippen molar-refractivity contribution in [3.05, 3.63) is 90.0 Å². The van der Waals surface area contributed by atoms with Gasteiger partial charge in [0.1, 0.15) is 23.9 Å². The van der Waals surface area contributed by atoms with E-state index in [4.69, 9.17) is 9.47 Å². The Hall–Kier alpha value is -3.41. The quantitative estimate of drug-likeness (QED) is 0.640. The Morgan fingerprint density at radius 3 is 2.57 bits per heavy atom. The summed E-state index contributed by atoms with van der Waals surface area (Å²) < 4.78 is 24.2. The summed E-state index contributed by atoms with van der Waals surface area (Å²) in [5, 5.41) is 2.86. The molecular weight excluding hydrogens is 359 g/mol. The minimum atomic E-state index is -0.409. The fourth-order valence-corrected chi connectivity index (χ4v) is 2.59. The Morgan fingerprint density at radius 2 is 1.82 bits per heavy atom. The predicted octanol–water partition coefficient (Wildman–Crippen LogP) is 4.06. The van der Waals surface area contributed by atoms with E-state index in [0.717, 1.165) is 11.3 Å². The van der Waals surface area contributed by atoms with E-state index in [9.17, 15) is 9.18 Å². The van der Waals surface area contributed by atoms with Gasteiger partial charge in [0.25, 0.3) is 5.91 Å². The summed E-state index contributed by atoms with van der Waals surface area (Å²) in [6.45, 7) is 2.05. The number of benzene rings is 2. The van der Waals surface area contributed by atoms with Crippen LogP contribution in [0.25, 0.3) is 0 Å². The maximum atomic E-state index is 13.1. The van der Waals surface area contributed by atoms with Crippen molar-refractivity contribution in [3.8, 4) is 11.5 Å². The van der Waals surface area contributed by atoms with E-state index in [2.05, 4.69) is 10.3 Å². The Balaban J connectivity index is 1.52. The summed E-state index contributed by atoms with van der Waals surface area (Å²) in [5.74, 6) is 0.304. The van der Waals surface area contributed by atoms with E-state index in [1.54, 1.807) is 12.3 Å². The Bertz CT molecular complexity index is 918. The minimum absolute atomic E-state index is 0.191. The summed E-state index contributed by atoms with van der Waals surface area (Å²) in [7, 11) is 0. The van der Waals surface area contributed by atoms with Crippen molar-refractivity contribution in [2.45, 2.75) is 19.6 Å². The molecule has 6 heteroatoms. The van der Waals surface area contributed by atoms with Crippen LogP contribution in [0.1, 0.15) is 24.2 Å². The smallest absolute Gasteiger partial charge is 0.258 e. The van der Waals surface area contributed by atoms with Crippen LogP contribution in [0.2, 0.25) is 0 Å². The van der Waals surface area contributed by atoms with Crippen LogP contribution >= 0.6 is 0 Å². The summed E-state index contributed by atoms with van der Waals surface area (Å²) >= 11 is 0. The van der Waals surface area contributed by atoms with Gasteiger partial charge in [0.15, 0.2) is 6.61 Å². The van der Waals surface area contributed by atoms with Crippen molar-refractivity contribution in [1.82, 2.24) is 10.3 Å². The average molecular weight is 380 g/mol. The van der Waals surface area contributed by atoms with E-state index < -0.39 is 5.82 Å². The SMILES string of the molecule is CC(NC(=O)COc1cccc(F)c1)c1cccc(OCc2ccccn2)c1. The number of carbonyl (C=O) groups excluding carboxylic acids is 1. The molecule has 3 rings (SSSR count). The molecule has 28 heavy (non-hydrogen) atoms. The van der Waals surface area contributed by atoms with Crippen LogP contribution in [0, 0.1) is 5.82 Å². The molecule has 1 atom stereocenters. The highest BCUT2D eigenvalue weighted by atomic mass is 19.1. The highest BCUT2D eigenvalue weighted by molar-refractivity contribution is 5.78. The first-order valence-electron chi connectivity index (χ1n) is 8.90. The van der Waals surface area contributed by atoms with E-state index in [1.807, 2.05) is 49.4 Å². The number of rotatable bonds is 8. The third-order valence-electron chi connectivity index (χ3n) is 4.01. The van der Waals surface area contributed by atoms with E-state index in [-0.39, 0.29) is 18.6 Å². The minimum Gasteiger partial charge on any atom is -0.487 e. The molecule has 0 bridgehead atoms. The Morgan fingerprint density at radius 1 is 1.04 bits per heavy atom. The lowest BCUT2D eigenvalue weighted by atomic mass is 10.1. The maximum absolute atomic E-state index is 13.1. The molecule has 1 unspecified atom stereocenters. The number of halogens is 1. The van der Waals surface area contributed by atoms with Crippen molar-refractivity contribution in [2.24, 2.45) is 0 Å². The van der Waals surface area contributed by atoms with Gasteiger partial charge in [-0.1, -0.05) is 24.3 Å². The van der Waals surface area contributed by atoms with Crippen LogP contribution in [0.4, 0.5) is 4.39 Å². The predicted molar refractivity (Wildman–Crippen MR) is 103 cm³/mol. The molecule has 3 aromatic rings. The molecule has 0 radical (unpaired) electrons. The average Bonchev–Trinajstić information content (AvgIpc) is 2.72. The highest BCUT2D eigenvalue weighted by Gasteiger charge is 2.11. The number of hydrogen-bond donors (Lipinski definition) is 1. The standard InChI is InChI=1S/C22H21FN2O3/c1-16(25-22(26)15-28-21-10-5-7-18(23)13-21)17-6-4-9-20(12-17)27-14-19-8-2-3-11-24-19/h2-13,16H,14-15H2,1H3,(H,25,26). The molecule has 2 aromatic carbocycles. The second-order valence-corrected chi connectivity index (χ2v) is 6.22. The Kier molecular flexibility index (Phi) is 6.57. The van der Waals surface area contributed by atoms with Gasteiger partial charge >= 0.3 is 0 Å². The zero-order chi connectivity index (χ0) is 19.8. The van der Waals surface area contributed by atoms with Gasteiger partial charge in [0.2, 0.25) is 0 Å². The summed E-state index contributed by atoms with van der Waals surface area (Å²) in [5.41, 5.74) is 1.74. The largest absolute Gasteiger partial charge is 0.487 e. The lowest BCUT2D eigenvalue weighted by Crippen LogP contribution is -2.31. The van der Waals surface area contributed by atoms with E-state index >= 15 is 0 Å². The van der Waals surface area contributed by atoms with Gasteiger partial charge in [0, 0.05) is 12.3 Å². The van der Waals surface area contributed by atoms with Crippen LogP contribution in [-0.2, 0) is 11.4 Å². The fraction of sp³-hybridized carbons (Fsp3) is 0.182. The van der Waals surface area contributed by atoms with Crippen LogP contribution in [0.5, 0.6) is 11.5 Å². The van der Waals surface area contributed by atoms with Crippen molar-refractivity contribution < 1.29 is 18.7 Å². The summed E-state index contributed by atoms with van der Waals surface area (Å²) in [4.78, 5) is 16.3. The normalized spacial score (nSPS) is 11.5. The number of carbonyl (C=O) groups is 1. The monoisotopic (exact) mass is 380 g/mol. The van der Waals surface area contributed by atoms with Crippen molar-refractivity contribution in [1.29, 1.82) is 0 Å². The zero-order valence-corrected chi connectivity index (χ0v) is 15.5. The first-order valence-corrected chi connectivity index (χ1v) is 8.90. The van der Waals surface area contributed by atoms with E-state index in [0.29, 0.717) is 18.1 Å². The molecular formula is C22H21FN2O3. The van der Waals surface area contributed by atoms with Crippen LogP contribution < -0.4 is 14.8 Å². The molecule has 0 aliphatic heterocycles. The van der Waals surface area contributed by atoms with Crippen LogP contribution in [-0.4, -0.2) is 17.5 Å². The first-order chi connectivity index (χ1) is 13.6. The molecule has 0 fully saturated rings. The lowest BCUT2D eigenvalue weighted by molar-refractivity contribution is -0.123. The van der Waals surface area contributed by atoms with E-state index in [1.165, 1.54) is 18.2 Å². The topological polar surface area (TPSA) is 60.5 Å². The molecule has 0 saturated heterocycles. The van der Waals surface area contributed by atoms with Gasteiger partial charge < -0.3 is 14.8 Å². The molecule has 1 aromatic heterocycles. The number of nitrogens with one attached hydrogen (secondary N) is 1. The number of hydrogen-bond acceptors (Lipinski definition) is 4. The highest BCUT2D eigenvalue weighted by Crippen LogP contribution is 2.20. The molecule has 0 aliphatic carbocycles. The molecule has 1 amide bonds. The van der Waals surface area contributed by atoms with Gasteiger partial charge in [0.05, 0.1) is 11.7 Å². The Labute approximate surface area is 163 Å². The van der Waals surface area contributed by atoms with Crippen molar-refractivity contribution >= 4 is 5.91 Å². The molecule has 1 heterocycles. The number of ether oxygens (including phenoxy) is 2.